The van der Waals surface area contributed by atoms with Crippen molar-refractivity contribution in [3.8, 4) is 0 Å². The Morgan fingerprint density at radius 1 is 1.69 bits per heavy atom. The molecule has 1 aromatic rings. The summed E-state index contributed by atoms with van der Waals surface area (Å²) >= 11 is 3.91. The highest BCUT2D eigenvalue weighted by Gasteiger charge is 2.14. The maximum absolute atomic E-state index is 10.6. The molecule has 0 bridgehead atoms. The van der Waals surface area contributed by atoms with E-state index >= 15 is 0 Å². The van der Waals surface area contributed by atoms with Crippen LogP contribution in [0, 0.1) is 0 Å². The lowest BCUT2D eigenvalue weighted by Gasteiger charge is -2.11. The van der Waals surface area contributed by atoms with E-state index in [-0.39, 0.29) is 5.75 Å². The van der Waals surface area contributed by atoms with Crippen molar-refractivity contribution in [2.24, 2.45) is 0 Å². The number of nitrogens with zero attached hydrogens (tertiary/aromatic N) is 1. The molecule has 1 rings (SSSR count). The number of carbonyl (C=O) groups is 1. The van der Waals surface area contributed by atoms with Crippen molar-refractivity contribution in [1.82, 2.24) is 4.98 Å². The van der Waals surface area contributed by atoms with E-state index in [0.29, 0.717) is 5.82 Å². The third-order valence-corrected chi connectivity index (χ3v) is 1.83. The average molecular weight is 198 g/mol. The number of thiol groups is 1. The van der Waals surface area contributed by atoms with E-state index in [2.05, 4.69) is 22.9 Å². The minimum atomic E-state index is -0.930. The zero-order valence-electron chi connectivity index (χ0n) is 6.84. The van der Waals surface area contributed by atoms with Gasteiger partial charge in [-0.1, -0.05) is 6.07 Å². The molecule has 0 aromatic carbocycles. The Bertz CT molecular complexity index is 279. The van der Waals surface area contributed by atoms with Crippen molar-refractivity contribution >= 4 is 24.4 Å². The first-order valence-electron chi connectivity index (χ1n) is 3.75. The molecule has 13 heavy (non-hydrogen) atoms. The molecule has 70 valence electrons. The molecule has 4 nitrogen and oxygen atoms in total. The second-order valence-electron chi connectivity index (χ2n) is 2.43. The first-order valence-corrected chi connectivity index (χ1v) is 4.38. The molecule has 0 aliphatic rings. The number of aliphatic carboxylic acids is 1. The fourth-order valence-electron chi connectivity index (χ4n) is 0.812. The third-order valence-electron chi connectivity index (χ3n) is 1.47. The van der Waals surface area contributed by atoms with Crippen molar-refractivity contribution in [3.05, 3.63) is 24.4 Å². The highest BCUT2D eigenvalue weighted by atomic mass is 32.1. The van der Waals surface area contributed by atoms with E-state index in [1.165, 1.54) is 0 Å². The first kappa shape index (κ1) is 9.85. The van der Waals surface area contributed by atoms with Crippen LogP contribution in [0.2, 0.25) is 0 Å². The number of rotatable bonds is 4. The molecule has 1 aromatic heterocycles. The number of carboxylic acids is 1. The molecular formula is C8H10N2O2S. The highest BCUT2D eigenvalue weighted by molar-refractivity contribution is 7.80. The van der Waals surface area contributed by atoms with Crippen LogP contribution in [-0.2, 0) is 4.79 Å². The van der Waals surface area contributed by atoms with Crippen LogP contribution < -0.4 is 5.32 Å². The molecule has 0 fully saturated rings. The fourth-order valence-corrected chi connectivity index (χ4v) is 1.06. The molecular weight excluding hydrogens is 188 g/mol. The summed E-state index contributed by atoms with van der Waals surface area (Å²) in [5, 5.41) is 11.4. The van der Waals surface area contributed by atoms with Crippen LogP contribution in [-0.4, -0.2) is 27.9 Å². The van der Waals surface area contributed by atoms with Gasteiger partial charge in [-0.15, -0.1) is 0 Å². The zero-order valence-corrected chi connectivity index (χ0v) is 7.74. The molecule has 5 heteroatoms. The summed E-state index contributed by atoms with van der Waals surface area (Å²) in [6.45, 7) is 0. The van der Waals surface area contributed by atoms with E-state index in [0.717, 1.165) is 0 Å². The van der Waals surface area contributed by atoms with Crippen LogP contribution in [0.25, 0.3) is 0 Å². The van der Waals surface area contributed by atoms with E-state index in [4.69, 9.17) is 5.11 Å². The number of hydrogen-bond donors (Lipinski definition) is 3. The molecule has 2 N–H and O–H groups in total. The summed E-state index contributed by atoms with van der Waals surface area (Å²) in [6.07, 6.45) is 1.60. The molecule has 1 atom stereocenters. The smallest absolute Gasteiger partial charge is 0.327 e. The monoisotopic (exact) mass is 198 g/mol. The Hall–Kier alpha value is -1.23. The topological polar surface area (TPSA) is 62.2 Å². The van der Waals surface area contributed by atoms with Crippen molar-refractivity contribution in [3.63, 3.8) is 0 Å². The van der Waals surface area contributed by atoms with Gasteiger partial charge in [0.25, 0.3) is 0 Å². The number of pyridine rings is 1. The van der Waals surface area contributed by atoms with Crippen molar-refractivity contribution < 1.29 is 9.90 Å². The predicted octanol–water partition coefficient (Wildman–Crippen LogP) is 0.876. The second kappa shape index (κ2) is 4.71. The molecule has 0 radical (unpaired) electrons. The summed E-state index contributed by atoms with van der Waals surface area (Å²) in [5.41, 5.74) is 0. The summed E-state index contributed by atoms with van der Waals surface area (Å²) in [5.74, 6) is -0.157. The van der Waals surface area contributed by atoms with Crippen LogP contribution >= 0.6 is 12.6 Å². The molecule has 1 heterocycles. The van der Waals surface area contributed by atoms with Gasteiger partial charge in [0.05, 0.1) is 0 Å². The Balaban J connectivity index is 2.62. The van der Waals surface area contributed by atoms with Gasteiger partial charge in [-0.25, -0.2) is 9.78 Å². The average Bonchev–Trinajstić information content (AvgIpc) is 2.15. The zero-order chi connectivity index (χ0) is 9.68. The van der Waals surface area contributed by atoms with Crippen molar-refractivity contribution in [2.45, 2.75) is 6.04 Å². The Labute approximate surface area is 81.4 Å². The van der Waals surface area contributed by atoms with E-state index in [9.17, 15) is 4.79 Å². The normalized spacial score (nSPS) is 12.1. The van der Waals surface area contributed by atoms with Gasteiger partial charge in [-0.05, 0) is 12.1 Å². The van der Waals surface area contributed by atoms with Crippen LogP contribution in [0.4, 0.5) is 5.82 Å². The highest BCUT2D eigenvalue weighted by Crippen LogP contribution is 2.03. The van der Waals surface area contributed by atoms with Gasteiger partial charge in [-0.2, -0.15) is 12.6 Å². The lowest BCUT2D eigenvalue weighted by Crippen LogP contribution is -2.31. The van der Waals surface area contributed by atoms with Crippen molar-refractivity contribution in [1.29, 1.82) is 0 Å². The lowest BCUT2D eigenvalue weighted by molar-refractivity contribution is -0.137. The molecule has 0 amide bonds. The maximum Gasteiger partial charge on any atom is 0.327 e. The molecule has 0 saturated heterocycles. The fraction of sp³-hybridized carbons (Fsp3) is 0.250. The first-order chi connectivity index (χ1) is 6.24. The van der Waals surface area contributed by atoms with Gasteiger partial charge in [0.1, 0.15) is 11.9 Å². The SMILES string of the molecule is O=C(O)C(CS)Nc1ccccn1. The third kappa shape index (κ3) is 2.95. The van der Waals surface area contributed by atoms with E-state index in [1.807, 2.05) is 0 Å². The number of carboxylic acid groups (broad SMARTS) is 1. The molecule has 0 aliphatic heterocycles. The van der Waals surface area contributed by atoms with Gasteiger partial charge in [0.2, 0.25) is 0 Å². The van der Waals surface area contributed by atoms with E-state index in [1.54, 1.807) is 24.4 Å². The second-order valence-corrected chi connectivity index (χ2v) is 2.80. The standard InChI is InChI=1S/C8H10N2O2S/c11-8(12)6(5-13)10-7-3-1-2-4-9-7/h1-4,6,13H,5H2,(H,9,10)(H,11,12). The summed E-state index contributed by atoms with van der Waals surface area (Å²) < 4.78 is 0. The number of hydrogen-bond acceptors (Lipinski definition) is 4. The molecule has 1 unspecified atom stereocenters. The molecule has 0 spiro atoms. The number of aromatic nitrogens is 1. The van der Waals surface area contributed by atoms with Gasteiger partial charge >= 0.3 is 5.97 Å². The van der Waals surface area contributed by atoms with Crippen LogP contribution in [0.15, 0.2) is 24.4 Å². The predicted molar refractivity (Wildman–Crippen MR) is 53.1 cm³/mol. The summed E-state index contributed by atoms with van der Waals surface area (Å²) in [6, 6.07) is 4.56. The van der Waals surface area contributed by atoms with Crippen LogP contribution in [0.3, 0.4) is 0 Å². The van der Waals surface area contributed by atoms with Gasteiger partial charge in [0, 0.05) is 11.9 Å². The summed E-state index contributed by atoms with van der Waals surface area (Å²) in [7, 11) is 0. The van der Waals surface area contributed by atoms with Crippen LogP contribution in [0.5, 0.6) is 0 Å². The van der Waals surface area contributed by atoms with Gasteiger partial charge < -0.3 is 10.4 Å². The minimum Gasteiger partial charge on any atom is -0.480 e. The van der Waals surface area contributed by atoms with Crippen molar-refractivity contribution in [2.75, 3.05) is 11.1 Å². The van der Waals surface area contributed by atoms with E-state index < -0.39 is 12.0 Å². The Kier molecular flexibility index (Phi) is 3.57. The largest absolute Gasteiger partial charge is 0.480 e. The number of nitrogens with one attached hydrogen (secondary N) is 1. The Morgan fingerprint density at radius 2 is 2.46 bits per heavy atom. The van der Waals surface area contributed by atoms with Crippen LogP contribution in [0.1, 0.15) is 0 Å². The Morgan fingerprint density at radius 3 is 2.92 bits per heavy atom. The quantitative estimate of drug-likeness (QED) is 0.628. The summed E-state index contributed by atoms with van der Waals surface area (Å²) in [4.78, 5) is 14.5. The maximum atomic E-state index is 10.6. The molecule has 0 saturated carbocycles. The lowest BCUT2D eigenvalue weighted by atomic mass is 10.3. The molecule has 0 aliphatic carbocycles. The minimum absolute atomic E-state index is 0.228. The van der Waals surface area contributed by atoms with Gasteiger partial charge in [0.15, 0.2) is 0 Å². The van der Waals surface area contributed by atoms with Gasteiger partial charge in [-0.3, -0.25) is 0 Å². The number of anilines is 1.